The van der Waals surface area contributed by atoms with Gasteiger partial charge in [0.05, 0.1) is 11.0 Å². The summed E-state index contributed by atoms with van der Waals surface area (Å²) in [6.45, 7) is 9.66. The van der Waals surface area contributed by atoms with Crippen LogP contribution in [0, 0.1) is 0 Å². The van der Waals surface area contributed by atoms with E-state index in [4.69, 9.17) is 0 Å². The number of aromatic nitrogens is 1. The SMILES string of the molecule is CC1(C)c2ccccc2-c2cc3sc4ccc(-n5c6ccccc6c6ccccc65)cc4c3cc2C1(C)C. The van der Waals surface area contributed by atoms with Crippen molar-refractivity contribution in [3.63, 3.8) is 0 Å². The Hall–Kier alpha value is -3.88. The van der Waals surface area contributed by atoms with Crippen molar-refractivity contribution in [2.24, 2.45) is 0 Å². The quantitative estimate of drug-likeness (QED) is 0.208. The molecule has 0 atom stereocenters. The van der Waals surface area contributed by atoms with E-state index in [0.29, 0.717) is 0 Å². The average molecular weight is 508 g/mol. The summed E-state index contributed by atoms with van der Waals surface area (Å²) in [5.74, 6) is 0. The van der Waals surface area contributed by atoms with Crippen LogP contribution in [-0.2, 0) is 10.8 Å². The van der Waals surface area contributed by atoms with E-state index in [-0.39, 0.29) is 10.8 Å². The van der Waals surface area contributed by atoms with Crippen LogP contribution in [-0.4, -0.2) is 4.57 Å². The van der Waals surface area contributed by atoms with Crippen LogP contribution in [0.2, 0.25) is 0 Å². The molecule has 0 amide bonds. The van der Waals surface area contributed by atoms with Crippen LogP contribution in [0.3, 0.4) is 0 Å². The lowest BCUT2D eigenvalue weighted by atomic mass is 9.55. The topological polar surface area (TPSA) is 4.93 Å². The predicted molar refractivity (Wildman–Crippen MR) is 165 cm³/mol. The van der Waals surface area contributed by atoms with Gasteiger partial charge in [-0.3, -0.25) is 0 Å². The summed E-state index contributed by atoms with van der Waals surface area (Å²) >= 11 is 1.91. The Labute approximate surface area is 227 Å². The molecular formula is C36H29NS. The first-order chi connectivity index (χ1) is 18.4. The second-order valence-corrected chi connectivity index (χ2v) is 12.9. The highest BCUT2D eigenvalue weighted by molar-refractivity contribution is 7.25. The first kappa shape index (κ1) is 22.1. The third-order valence-electron chi connectivity index (χ3n) is 9.56. The number of para-hydroxylation sites is 2. The van der Waals surface area contributed by atoms with Crippen LogP contribution in [0.15, 0.2) is 103 Å². The van der Waals surface area contributed by atoms with Crippen molar-refractivity contribution >= 4 is 53.3 Å². The molecule has 0 spiro atoms. The fraction of sp³-hybridized carbons (Fsp3) is 0.167. The second-order valence-electron chi connectivity index (χ2n) is 11.8. The Balaban J connectivity index is 1.43. The lowest BCUT2D eigenvalue weighted by Gasteiger charge is -2.48. The molecular weight excluding hydrogens is 478 g/mol. The van der Waals surface area contributed by atoms with Gasteiger partial charge in [-0.15, -0.1) is 11.3 Å². The maximum absolute atomic E-state index is 2.51. The van der Waals surface area contributed by atoms with E-state index in [9.17, 15) is 0 Å². The fourth-order valence-electron chi connectivity index (χ4n) is 6.83. The number of thiophene rings is 1. The van der Waals surface area contributed by atoms with Gasteiger partial charge in [0, 0.05) is 36.6 Å². The lowest BCUT2D eigenvalue weighted by molar-refractivity contribution is 0.299. The normalized spacial score (nSPS) is 15.8. The summed E-state index contributed by atoms with van der Waals surface area (Å²) in [6.07, 6.45) is 0. The highest BCUT2D eigenvalue weighted by atomic mass is 32.1. The van der Waals surface area contributed by atoms with E-state index < -0.39 is 0 Å². The summed E-state index contributed by atoms with van der Waals surface area (Å²) in [6, 6.07) is 38.5. The molecule has 1 aliphatic carbocycles. The number of hydrogen-bond donors (Lipinski definition) is 0. The van der Waals surface area contributed by atoms with E-state index in [2.05, 4.69) is 135 Å². The van der Waals surface area contributed by atoms with Gasteiger partial charge in [-0.25, -0.2) is 0 Å². The molecule has 5 aromatic carbocycles. The minimum Gasteiger partial charge on any atom is -0.309 e. The molecule has 1 nitrogen and oxygen atoms in total. The van der Waals surface area contributed by atoms with Gasteiger partial charge in [0.25, 0.3) is 0 Å². The van der Waals surface area contributed by atoms with E-state index in [1.54, 1.807) is 0 Å². The molecule has 38 heavy (non-hydrogen) atoms. The molecule has 0 N–H and O–H groups in total. The van der Waals surface area contributed by atoms with E-state index in [1.165, 1.54) is 69.9 Å². The van der Waals surface area contributed by atoms with Gasteiger partial charge >= 0.3 is 0 Å². The maximum Gasteiger partial charge on any atom is 0.0541 e. The Morgan fingerprint density at radius 2 is 1.11 bits per heavy atom. The average Bonchev–Trinajstić information content (AvgIpc) is 3.46. The molecule has 0 radical (unpaired) electrons. The molecule has 0 fully saturated rings. The molecule has 8 rings (SSSR count). The lowest BCUT2D eigenvalue weighted by Crippen LogP contribution is -2.43. The predicted octanol–water partition coefficient (Wildman–Crippen LogP) is 10.4. The number of nitrogens with zero attached hydrogens (tertiary/aromatic N) is 1. The standard InChI is InChI=1S/C36H29NS/c1-35(2)29-14-8-5-11-23(29)26-21-34-28(20-30(26)36(35,3)4)27-19-22(17-18-33(27)38-34)37-31-15-9-6-12-24(31)25-13-7-10-16-32(25)37/h5-21H,1-4H3. The molecule has 0 saturated heterocycles. The zero-order valence-electron chi connectivity index (χ0n) is 22.2. The van der Waals surface area contributed by atoms with E-state index in [1.807, 2.05) is 11.3 Å². The van der Waals surface area contributed by atoms with Crippen LogP contribution in [0.4, 0.5) is 0 Å². The van der Waals surface area contributed by atoms with Gasteiger partial charge < -0.3 is 4.57 Å². The van der Waals surface area contributed by atoms with Crippen LogP contribution >= 0.6 is 11.3 Å². The molecule has 0 saturated carbocycles. The molecule has 2 heteroatoms. The molecule has 2 heterocycles. The van der Waals surface area contributed by atoms with E-state index in [0.717, 1.165) is 0 Å². The summed E-state index contributed by atoms with van der Waals surface area (Å²) in [5.41, 5.74) is 9.45. The first-order valence-corrected chi connectivity index (χ1v) is 14.3. The van der Waals surface area contributed by atoms with Crippen molar-refractivity contribution < 1.29 is 0 Å². The van der Waals surface area contributed by atoms with Crippen LogP contribution < -0.4 is 0 Å². The largest absolute Gasteiger partial charge is 0.309 e. The molecule has 184 valence electrons. The molecule has 7 aromatic rings. The van der Waals surface area contributed by atoms with Gasteiger partial charge in [-0.2, -0.15) is 0 Å². The monoisotopic (exact) mass is 507 g/mol. The van der Waals surface area contributed by atoms with Gasteiger partial charge in [0.15, 0.2) is 0 Å². The van der Waals surface area contributed by atoms with Crippen molar-refractivity contribution in [1.82, 2.24) is 4.57 Å². The second kappa shape index (κ2) is 7.36. The molecule has 1 aliphatic rings. The third kappa shape index (κ3) is 2.71. The Morgan fingerprint density at radius 1 is 0.500 bits per heavy atom. The fourth-order valence-corrected chi connectivity index (χ4v) is 7.93. The highest BCUT2D eigenvalue weighted by Crippen LogP contribution is 2.55. The minimum atomic E-state index is 0.00355. The van der Waals surface area contributed by atoms with Gasteiger partial charge in [0.2, 0.25) is 0 Å². The zero-order valence-corrected chi connectivity index (χ0v) is 23.0. The summed E-state index contributed by atoms with van der Waals surface area (Å²) in [4.78, 5) is 0. The summed E-state index contributed by atoms with van der Waals surface area (Å²) in [7, 11) is 0. The van der Waals surface area contributed by atoms with Gasteiger partial charge in [-0.1, -0.05) is 88.4 Å². The summed E-state index contributed by atoms with van der Waals surface area (Å²) < 4.78 is 5.13. The van der Waals surface area contributed by atoms with E-state index >= 15 is 0 Å². The first-order valence-electron chi connectivity index (χ1n) is 13.5. The molecule has 0 bridgehead atoms. The van der Waals surface area contributed by atoms with Crippen LogP contribution in [0.25, 0.3) is 58.8 Å². The Morgan fingerprint density at radius 3 is 1.84 bits per heavy atom. The number of benzene rings is 5. The highest BCUT2D eigenvalue weighted by Gasteiger charge is 2.45. The minimum absolute atomic E-state index is 0.00355. The molecule has 0 aliphatic heterocycles. The van der Waals surface area contributed by atoms with Crippen LogP contribution in [0.1, 0.15) is 38.8 Å². The molecule has 2 aromatic heterocycles. The number of hydrogen-bond acceptors (Lipinski definition) is 1. The number of rotatable bonds is 1. The van der Waals surface area contributed by atoms with Crippen molar-refractivity contribution in [3.8, 4) is 16.8 Å². The van der Waals surface area contributed by atoms with Crippen LogP contribution in [0.5, 0.6) is 0 Å². The Kier molecular flexibility index (Phi) is 4.29. The van der Waals surface area contributed by atoms with Gasteiger partial charge in [0.1, 0.15) is 0 Å². The molecule has 0 unspecified atom stereocenters. The van der Waals surface area contributed by atoms with Crippen molar-refractivity contribution in [1.29, 1.82) is 0 Å². The third-order valence-corrected chi connectivity index (χ3v) is 10.7. The van der Waals surface area contributed by atoms with Gasteiger partial charge in [-0.05, 0) is 75.5 Å². The van der Waals surface area contributed by atoms with Crippen molar-refractivity contribution in [2.75, 3.05) is 0 Å². The van der Waals surface area contributed by atoms with Crippen molar-refractivity contribution in [3.05, 3.63) is 114 Å². The Bertz CT molecular complexity index is 2030. The summed E-state index contributed by atoms with van der Waals surface area (Å²) in [5, 5.41) is 5.32. The van der Waals surface area contributed by atoms with Crippen molar-refractivity contribution in [2.45, 2.75) is 38.5 Å². The number of fused-ring (bicyclic) bond motifs is 9. The zero-order chi connectivity index (χ0) is 25.8. The smallest absolute Gasteiger partial charge is 0.0541 e. The maximum atomic E-state index is 2.51.